The number of hydrogen-bond donors (Lipinski definition) is 0. The Morgan fingerprint density at radius 3 is 2.50 bits per heavy atom. The maximum Gasteiger partial charge on any atom is 0.339 e. The molecule has 0 amide bonds. The van der Waals surface area contributed by atoms with Crippen molar-refractivity contribution in [2.45, 2.75) is 4.90 Å². The summed E-state index contributed by atoms with van der Waals surface area (Å²) in [4.78, 5) is 24.2. The molecule has 24 heavy (non-hydrogen) atoms. The normalized spacial score (nSPS) is 10.7. The highest BCUT2D eigenvalue weighted by Crippen LogP contribution is 2.24. The maximum atomic E-state index is 12.0. The molecular formula is C19H18O4S. The molecule has 0 unspecified atom stereocenters. The topological polar surface area (TPSA) is 52.6 Å². The third kappa shape index (κ3) is 5.68. The van der Waals surface area contributed by atoms with Crippen LogP contribution in [0.15, 0.2) is 65.6 Å². The van der Waals surface area contributed by atoms with Gasteiger partial charge in [0.1, 0.15) is 6.61 Å². The Morgan fingerprint density at radius 1 is 1.04 bits per heavy atom. The van der Waals surface area contributed by atoms with Gasteiger partial charge >= 0.3 is 5.97 Å². The van der Waals surface area contributed by atoms with Crippen LogP contribution < -0.4 is 0 Å². The quantitative estimate of drug-likeness (QED) is 0.435. The summed E-state index contributed by atoms with van der Waals surface area (Å²) in [5.74, 6) is -0.461. The molecule has 0 atom stereocenters. The second-order valence-corrected chi connectivity index (χ2v) is 5.89. The summed E-state index contributed by atoms with van der Waals surface area (Å²) in [7, 11) is 1.31. The summed E-state index contributed by atoms with van der Waals surface area (Å²) in [5, 5.41) is -0.167. The molecule has 0 saturated heterocycles. The van der Waals surface area contributed by atoms with Crippen LogP contribution in [0.25, 0.3) is 6.08 Å². The number of hydrogen-bond acceptors (Lipinski definition) is 5. The van der Waals surface area contributed by atoms with E-state index in [9.17, 15) is 9.59 Å². The molecule has 2 aromatic carbocycles. The SMILES string of the molecule is COC(=O)c1ccccc1SC(=O)COC/C=C/c1ccccc1. The number of thioether (sulfide) groups is 1. The van der Waals surface area contributed by atoms with Crippen molar-refractivity contribution < 1.29 is 19.1 Å². The predicted molar refractivity (Wildman–Crippen MR) is 94.9 cm³/mol. The summed E-state index contributed by atoms with van der Waals surface area (Å²) in [6.45, 7) is 0.319. The van der Waals surface area contributed by atoms with Gasteiger partial charge in [0.2, 0.25) is 5.12 Å². The molecule has 2 aromatic rings. The van der Waals surface area contributed by atoms with Crippen molar-refractivity contribution in [1.82, 2.24) is 0 Å². The molecule has 0 heterocycles. The number of rotatable bonds is 7. The van der Waals surface area contributed by atoms with Gasteiger partial charge in [0.05, 0.1) is 19.3 Å². The van der Waals surface area contributed by atoms with E-state index in [0.717, 1.165) is 17.3 Å². The highest BCUT2D eigenvalue weighted by molar-refractivity contribution is 8.13. The lowest BCUT2D eigenvalue weighted by molar-refractivity contribution is -0.114. The van der Waals surface area contributed by atoms with Crippen molar-refractivity contribution in [3.63, 3.8) is 0 Å². The fourth-order valence-electron chi connectivity index (χ4n) is 1.94. The van der Waals surface area contributed by atoms with Crippen molar-refractivity contribution in [2.24, 2.45) is 0 Å². The van der Waals surface area contributed by atoms with Gasteiger partial charge < -0.3 is 9.47 Å². The van der Waals surface area contributed by atoms with Crippen LogP contribution in [0.1, 0.15) is 15.9 Å². The minimum absolute atomic E-state index is 0.0285. The van der Waals surface area contributed by atoms with Gasteiger partial charge in [-0.1, -0.05) is 54.6 Å². The zero-order valence-electron chi connectivity index (χ0n) is 13.3. The Kier molecular flexibility index (Phi) is 7.26. The molecule has 0 radical (unpaired) electrons. The molecule has 0 aliphatic rings. The Bertz CT molecular complexity index is 710. The number of methoxy groups -OCH3 is 1. The summed E-state index contributed by atoms with van der Waals surface area (Å²) in [5.41, 5.74) is 1.45. The van der Waals surface area contributed by atoms with Crippen LogP contribution in [-0.2, 0) is 14.3 Å². The summed E-state index contributed by atoms with van der Waals surface area (Å²) >= 11 is 0.979. The Balaban J connectivity index is 1.80. The highest BCUT2D eigenvalue weighted by atomic mass is 32.2. The predicted octanol–water partition coefficient (Wildman–Crippen LogP) is 3.82. The first-order valence-electron chi connectivity index (χ1n) is 7.38. The Hall–Kier alpha value is -2.37. The van der Waals surface area contributed by atoms with Crippen molar-refractivity contribution in [2.75, 3.05) is 20.3 Å². The monoisotopic (exact) mass is 342 g/mol. The van der Waals surface area contributed by atoms with Crippen molar-refractivity contribution >= 4 is 28.9 Å². The van der Waals surface area contributed by atoms with Gasteiger partial charge in [0.15, 0.2) is 0 Å². The summed E-state index contributed by atoms with van der Waals surface area (Å²) in [6.07, 6.45) is 3.79. The largest absolute Gasteiger partial charge is 0.465 e. The molecule has 0 aliphatic heterocycles. The number of ether oxygens (including phenoxy) is 2. The number of carbonyl (C=O) groups is 2. The van der Waals surface area contributed by atoms with E-state index in [1.165, 1.54) is 7.11 Å². The van der Waals surface area contributed by atoms with E-state index in [2.05, 4.69) is 0 Å². The van der Waals surface area contributed by atoms with E-state index >= 15 is 0 Å². The molecule has 0 fully saturated rings. The molecular weight excluding hydrogens is 324 g/mol. The molecule has 0 aliphatic carbocycles. The second-order valence-electron chi connectivity index (χ2n) is 4.79. The average molecular weight is 342 g/mol. The van der Waals surface area contributed by atoms with Gasteiger partial charge in [-0.2, -0.15) is 0 Å². The van der Waals surface area contributed by atoms with Crippen LogP contribution in [0.4, 0.5) is 0 Å². The second kappa shape index (κ2) is 9.70. The van der Waals surface area contributed by atoms with Gasteiger partial charge in [-0.3, -0.25) is 4.79 Å². The first-order chi connectivity index (χ1) is 11.7. The van der Waals surface area contributed by atoms with E-state index in [-0.39, 0.29) is 11.7 Å². The van der Waals surface area contributed by atoms with Crippen LogP contribution in [0.2, 0.25) is 0 Å². The maximum absolute atomic E-state index is 12.0. The fourth-order valence-corrected chi connectivity index (χ4v) is 2.74. The first-order valence-corrected chi connectivity index (χ1v) is 8.19. The fraction of sp³-hybridized carbons (Fsp3) is 0.158. The standard InChI is InChI=1S/C19H18O4S/c1-22-19(21)16-11-5-6-12-17(16)24-18(20)14-23-13-7-10-15-8-3-2-4-9-15/h2-12H,13-14H2,1H3/b10-7+. The number of esters is 1. The van der Waals surface area contributed by atoms with Gasteiger partial charge in [-0.15, -0.1) is 0 Å². The van der Waals surface area contributed by atoms with E-state index in [1.54, 1.807) is 24.3 Å². The Morgan fingerprint density at radius 2 is 1.75 bits per heavy atom. The summed E-state index contributed by atoms with van der Waals surface area (Å²) in [6, 6.07) is 16.7. The minimum Gasteiger partial charge on any atom is -0.465 e. The van der Waals surface area contributed by atoms with E-state index in [1.807, 2.05) is 42.5 Å². The minimum atomic E-state index is -0.461. The van der Waals surface area contributed by atoms with Gasteiger partial charge in [-0.25, -0.2) is 4.79 Å². The molecule has 0 aromatic heterocycles. The third-order valence-electron chi connectivity index (χ3n) is 3.06. The zero-order valence-corrected chi connectivity index (χ0v) is 14.1. The summed E-state index contributed by atoms with van der Waals surface area (Å²) < 4.78 is 10.1. The van der Waals surface area contributed by atoms with Crippen molar-refractivity contribution in [3.05, 3.63) is 71.8 Å². The lowest BCUT2D eigenvalue weighted by atomic mass is 10.2. The third-order valence-corrected chi connectivity index (χ3v) is 3.98. The molecule has 5 heteroatoms. The lowest BCUT2D eigenvalue weighted by Gasteiger charge is -2.06. The van der Waals surface area contributed by atoms with Crippen LogP contribution >= 0.6 is 11.8 Å². The molecule has 0 bridgehead atoms. The Labute approximate surface area is 145 Å². The molecule has 0 N–H and O–H groups in total. The molecule has 4 nitrogen and oxygen atoms in total. The van der Waals surface area contributed by atoms with Gasteiger partial charge in [0.25, 0.3) is 0 Å². The van der Waals surface area contributed by atoms with E-state index < -0.39 is 5.97 Å². The molecule has 0 saturated carbocycles. The van der Waals surface area contributed by atoms with Crippen LogP contribution in [-0.4, -0.2) is 31.4 Å². The first kappa shape index (κ1) is 18.0. The van der Waals surface area contributed by atoms with Gasteiger partial charge in [-0.05, 0) is 29.5 Å². The molecule has 0 spiro atoms. The number of benzene rings is 2. The molecule has 124 valence electrons. The smallest absolute Gasteiger partial charge is 0.339 e. The molecule has 2 rings (SSSR count). The van der Waals surface area contributed by atoms with Gasteiger partial charge in [0, 0.05) is 4.90 Å². The zero-order chi connectivity index (χ0) is 17.2. The number of carbonyl (C=O) groups excluding carboxylic acids is 2. The average Bonchev–Trinajstić information content (AvgIpc) is 2.62. The van der Waals surface area contributed by atoms with Crippen LogP contribution in [0.5, 0.6) is 0 Å². The van der Waals surface area contributed by atoms with Crippen LogP contribution in [0.3, 0.4) is 0 Å². The lowest BCUT2D eigenvalue weighted by Crippen LogP contribution is -2.07. The van der Waals surface area contributed by atoms with Crippen molar-refractivity contribution in [1.29, 1.82) is 0 Å². The van der Waals surface area contributed by atoms with Crippen LogP contribution in [0, 0.1) is 0 Å². The highest BCUT2D eigenvalue weighted by Gasteiger charge is 2.14. The van der Waals surface area contributed by atoms with Crippen molar-refractivity contribution in [3.8, 4) is 0 Å². The van der Waals surface area contributed by atoms with E-state index in [4.69, 9.17) is 9.47 Å². The van der Waals surface area contributed by atoms with E-state index in [0.29, 0.717) is 17.1 Å².